The third-order valence-electron chi connectivity index (χ3n) is 3.38. The summed E-state index contributed by atoms with van der Waals surface area (Å²) < 4.78 is 0. The first kappa shape index (κ1) is 12.4. The van der Waals surface area contributed by atoms with Crippen LogP contribution in [-0.2, 0) is 0 Å². The second-order valence-electron chi connectivity index (χ2n) is 4.39. The molecule has 0 bridgehead atoms. The molecule has 0 radical (unpaired) electrons. The third kappa shape index (κ3) is 3.47. The van der Waals surface area contributed by atoms with Crippen LogP contribution >= 0.6 is 11.8 Å². The zero-order valence-corrected chi connectivity index (χ0v) is 10.7. The second-order valence-corrected chi connectivity index (χ2v) is 5.74. The van der Waals surface area contributed by atoms with Gasteiger partial charge in [0.05, 0.1) is 0 Å². The highest BCUT2D eigenvalue weighted by Crippen LogP contribution is 2.34. The van der Waals surface area contributed by atoms with Gasteiger partial charge in [0.25, 0.3) is 0 Å². The zero-order valence-electron chi connectivity index (χ0n) is 9.88. The predicted molar refractivity (Wildman–Crippen MR) is 67.0 cm³/mol. The van der Waals surface area contributed by atoms with Gasteiger partial charge in [-0.15, -0.1) is 0 Å². The molecule has 0 aromatic rings. The number of hydrogen-bond acceptors (Lipinski definition) is 2. The predicted octanol–water partition coefficient (Wildman–Crippen LogP) is 3.30. The lowest BCUT2D eigenvalue weighted by atomic mass is 9.84. The highest BCUT2D eigenvalue weighted by molar-refractivity contribution is 7.99. The third-order valence-corrected chi connectivity index (χ3v) is 4.98. The molecule has 1 nitrogen and oxygen atoms in total. The van der Waals surface area contributed by atoms with Gasteiger partial charge >= 0.3 is 0 Å². The van der Waals surface area contributed by atoms with Crippen molar-refractivity contribution in [1.82, 2.24) is 5.32 Å². The van der Waals surface area contributed by atoms with E-state index in [-0.39, 0.29) is 0 Å². The minimum absolute atomic E-state index is 0.773. The Labute approximate surface area is 93.4 Å². The fourth-order valence-electron chi connectivity index (χ4n) is 2.37. The fourth-order valence-corrected chi connectivity index (χ4v) is 3.82. The monoisotopic (exact) mass is 215 g/mol. The Morgan fingerprint density at radius 2 is 2.07 bits per heavy atom. The maximum Gasteiger partial charge on any atom is 0.0203 e. The lowest BCUT2D eigenvalue weighted by Gasteiger charge is -2.35. The van der Waals surface area contributed by atoms with Crippen LogP contribution in [0.3, 0.4) is 0 Å². The minimum atomic E-state index is 0.773. The zero-order chi connectivity index (χ0) is 10.4. The van der Waals surface area contributed by atoms with Crippen LogP contribution in [0, 0.1) is 5.92 Å². The van der Waals surface area contributed by atoms with E-state index >= 15 is 0 Å². The molecule has 1 aliphatic rings. The first-order valence-corrected chi connectivity index (χ1v) is 7.15. The standard InChI is InChI=1S/C12H25NS/c1-4-8-14-12-9-10(5-2)6-7-11(12)13-3/h10-13H,4-9H2,1-3H3. The SMILES string of the molecule is CCCSC1CC(CC)CCC1NC. The Balaban J connectivity index is 2.38. The van der Waals surface area contributed by atoms with Gasteiger partial charge in [-0.05, 0) is 44.4 Å². The van der Waals surface area contributed by atoms with Gasteiger partial charge in [-0.3, -0.25) is 0 Å². The Morgan fingerprint density at radius 1 is 1.29 bits per heavy atom. The molecule has 84 valence electrons. The molecule has 1 fully saturated rings. The van der Waals surface area contributed by atoms with Crippen molar-refractivity contribution < 1.29 is 0 Å². The molecule has 0 heterocycles. The molecule has 0 saturated heterocycles. The molecular formula is C12H25NS. The summed E-state index contributed by atoms with van der Waals surface area (Å²) in [6, 6.07) is 0.773. The highest BCUT2D eigenvalue weighted by atomic mass is 32.2. The van der Waals surface area contributed by atoms with Gasteiger partial charge in [-0.1, -0.05) is 20.3 Å². The first-order valence-electron chi connectivity index (χ1n) is 6.10. The van der Waals surface area contributed by atoms with E-state index in [1.54, 1.807) is 0 Å². The Bertz CT molecular complexity index is 149. The largest absolute Gasteiger partial charge is 0.316 e. The van der Waals surface area contributed by atoms with Crippen molar-refractivity contribution in [3.05, 3.63) is 0 Å². The van der Waals surface area contributed by atoms with Gasteiger partial charge in [-0.25, -0.2) is 0 Å². The molecule has 0 spiro atoms. The fraction of sp³-hybridized carbons (Fsp3) is 1.00. The molecule has 3 unspecified atom stereocenters. The van der Waals surface area contributed by atoms with Gasteiger partial charge in [0.2, 0.25) is 0 Å². The van der Waals surface area contributed by atoms with Crippen LogP contribution in [0.1, 0.15) is 46.0 Å². The molecule has 1 rings (SSSR count). The van der Waals surface area contributed by atoms with Crippen molar-refractivity contribution in [3.8, 4) is 0 Å². The number of rotatable bonds is 5. The summed E-state index contributed by atoms with van der Waals surface area (Å²) in [7, 11) is 2.12. The van der Waals surface area contributed by atoms with Gasteiger partial charge in [0.15, 0.2) is 0 Å². The topological polar surface area (TPSA) is 12.0 Å². The van der Waals surface area contributed by atoms with Gasteiger partial charge in [0.1, 0.15) is 0 Å². The maximum atomic E-state index is 3.49. The highest BCUT2D eigenvalue weighted by Gasteiger charge is 2.28. The summed E-state index contributed by atoms with van der Waals surface area (Å²) in [5, 5.41) is 4.36. The van der Waals surface area contributed by atoms with Crippen molar-refractivity contribution in [2.45, 2.75) is 57.2 Å². The van der Waals surface area contributed by atoms with E-state index in [2.05, 4.69) is 38.0 Å². The van der Waals surface area contributed by atoms with E-state index in [4.69, 9.17) is 0 Å². The van der Waals surface area contributed by atoms with Crippen molar-refractivity contribution in [1.29, 1.82) is 0 Å². The molecule has 0 aliphatic heterocycles. The lowest BCUT2D eigenvalue weighted by molar-refractivity contribution is 0.304. The summed E-state index contributed by atoms with van der Waals surface area (Å²) in [5.74, 6) is 2.33. The van der Waals surface area contributed by atoms with Crippen LogP contribution < -0.4 is 5.32 Å². The maximum absolute atomic E-state index is 3.49. The van der Waals surface area contributed by atoms with E-state index < -0.39 is 0 Å². The van der Waals surface area contributed by atoms with Crippen molar-refractivity contribution in [2.75, 3.05) is 12.8 Å². The average Bonchev–Trinajstić information content (AvgIpc) is 2.25. The van der Waals surface area contributed by atoms with E-state index in [0.717, 1.165) is 17.2 Å². The second kappa shape index (κ2) is 6.73. The molecule has 3 atom stereocenters. The molecule has 0 amide bonds. The van der Waals surface area contributed by atoms with Gasteiger partial charge < -0.3 is 5.32 Å². The molecule has 1 aliphatic carbocycles. The number of thioether (sulfide) groups is 1. The summed E-state index contributed by atoms with van der Waals surface area (Å²) in [5.41, 5.74) is 0. The summed E-state index contributed by atoms with van der Waals surface area (Å²) in [6.45, 7) is 4.62. The van der Waals surface area contributed by atoms with Crippen LogP contribution in [-0.4, -0.2) is 24.1 Å². The van der Waals surface area contributed by atoms with Crippen LogP contribution in [0.2, 0.25) is 0 Å². The van der Waals surface area contributed by atoms with Crippen LogP contribution in [0.4, 0.5) is 0 Å². The molecule has 2 heteroatoms. The lowest BCUT2D eigenvalue weighted by Crippen LogP contribution is -2.40. The van der Waals surface area contributed by atoms with Crippen LogP contribution in [0.5, 0.6) is 0 Å². The average molecular weight is 215 g/mol. The summed E-state index contributed by atoms with van der Waals surface area (Å²) in [6.07, 6.45) is 6.95. The van der Waals surface area contributed by atoms with Crippen molar-refractivity contribution in [2.24, 2.45) is 5.92 Å². The Kier molecular flexibility index (Phi) is 5.95. The summed E-state index contributed by atoms with van der Waals surface area (Å²) in [4.78, 5) is 0. The van der Waals surface area contributed by atoms with Crippen LogP contribution in [0.15, 0.2) is 0 Å². The van der Waals surface area contributed by atoms with E-state index in [1.165, 1.54) is 37.9 Å². The Hall–Kier alpha value is 0.310. The molecule has 1 N–H and O–H groups in total. The first-order chi connectivity index (χ1) is 6.81. The van der Waals surface area contributed by atoms with Gasteiger partial charge in [0, 0.05) is 11.3 Å². The quantitative estimate of drug-likeness (QED) is 0.755. The molecule has 14 heavy (non-hydrogen) atoms. The van der Waals surface area contributed by atoms with E-state index in [9.17, 15) is 0 Å². The normalized spacial score (nSPS) is 33.2. The summed E-state index contributed by atoms with van der Waals surface area (Å²) >= 11 is 2.19. The molecular weight excluding hydrogens is 190 g/mol. The molecule has 0 aromatic heterocycles. The minimum Gasteiger partial charge on any atom is -0.316 e. The molecule has 0 aromatic carbocycles. The number of hydrogen-bond donors (Lipinski definition) is 1. The van der Waals surface area contributed by atoms with Crippen molar-refractivity contribution >= 4 is 11.8 Å². The Morgan fingerprint density at radius 3 is 2.64 bits per heavy atom. The van der Waals surface area contributed by atoms with Crippen LogP contribution in [0.25, 0.3) is 0 Å². The van der Waals surface area contributed by atoms with Gasteiger partial charge in [-0.2, -0.15) is 11.8 Å². The van der Waals surface area contributed by atoms with E-state index in [1.807, 2.05) is 0 Å². The molecule has 1 saturated carbocycles. The van der Waals surface area contributed by atoms with Crippen molar-refractivity contribution in [3.63, 3.8) is 0 Å². The number of nitrogens with one attached hydrogen (secondary N) is 1. The van der Waals surface area contributed by atoms with E-state index in [0.29, 0.717) is 0 Å². The smallest absolute Gasteiger partial charge is 0.0203 e.